The van der Waals surface area contributed by atoms with E-state index in [1.165, 1.54) is 36.4 Å². The Kier molecular flexibility index (Phi) is 6.12. The fraction of sp³-hybridized carbons (Fsp3) is 0.0833. The average molecular weight is 447 g/mol. The van der Waals surface area contributed by atoms with Crippen molar-refractivity contribution in [3.8, 4) is 5.75 Å². The largest absolute Gasteiger partial charge is 0.489 e. The van der Waals surface area contributed by atoms with Crippen molar-refractivity contribution in [2.75, 3.05) is 0 Å². The molecule has 0 bridgehead atoms. The molecule has 3 amide bonds. The number of non-ortho nitro benzene ring substituents is 1. The van der Waals surface area contributed by atoms with E-state index in [9.17, 15) is 24.1 Å². The van der Waals surface area contributed by atoms with Gasteiger partial charge in [-0.15, -0.1) is 0 Å². The van der Waals surface area contributed by atoms with Crippen molar-refractivity contribution in [2.24, 2.45) is 0 Å². The predicted octanol–water partition coefficient (Wildman–Crippen LogP) is 4.41. The first-order valence-corrected chi connectivity index (χ1v) is 9.95. The van der Waals surface area contributed by atoms with Crippen molar-refractivity contribution in [3.63, 3.8) is 0 Å². The van der Waals surface area contributed by atoms with Crippen molar-refractivity contribution in [1.29, 1.82) is 0 Å². The Bertz CT molecular complexity index is 1260. The van der Waals surface area contributed by atoms with Crippen molar-refractivity contribution >= 4 is 23.7 Å². The second-order valence-corrected chi connectivity index (χ2v) is 7.26. The lowest BCUT2D eigenvalue weighted by molar-refractivity contribution is -0.384. The zero-order valence-electron chi connectivity index (χ0n) is 17.2. The van der Waals surface area contributed by atoms with Crippen LogP contribution in [0.2, 0.25) is 0 Å². The number of carbonyl (C=O) groups excluding carboxylic acids is 2. The molecule has 0 atom stereocenters. The summed E-state index contributed by atoms with van der Waals surface area (Å²) in [6.07, 6.45) is 1.52. The summed E-state index contributed by atoms with van der Waals surface area (Å²) in [7, 11) is 0. The molecule has 1 aliphatic rings. The first kappa shape index (κ1) is 21.7. The molecule has 3 aromatic rings. The molecule has 4 rings (SSSR count). The van der Waals surface area contributed by atoms with Gasteiger partial charge in [0.15, 0.2) is 0 Å². The minimum atomic E-state index is -0.619. The Labute approximate surface area is 188 Å². The Morgan fingerprint density at radius 2 is 1.79 bits per heavy atom. The summed E-state index contributed by atoms with van der Waals surface area (Å²) in [5, 5.41) is 13.4. The van der Waals surface area contributed by atoms with Crippen LogP contribution in [0.1, 0.15) is 16.7 Å². The number of rotatable bonds is 7. The number of nitrogens with one attached hydrogen (secondary N) is 1. The van der Waals surface area contributed by atoms with E-state index in [0.717, 1.165) is 4.90 Å². The van der Waals surface area contributed by atoms with Crippen LogP contribution < -0.4 is 10.1 Å². The van der Waals surface area contributed by atoms with Gasteiger partial charge >= 0.3 is 6.03 Å². The summed E-state index contributed by atoms with van der Waals surface area (Å²) >= 11 is 0. The van der Waals surface area contributed by atoms with Crippen LogP contribution in [0, 0.1) is 15.9 Å². The van der Waals surface area contributed by atoms with Gasteiger partial charge in [-0.05, 0) is 35.4 Å². The number of hydrogen-bond acceptors (Lipinski definition) is 5. The van der Waals surface area contributed by atoms with E-state index in [1.807, 2.05) is 0 Å². The normalized spacial score (nSPS) is 14.5. The molecule has 0 aromatic heterocycles. The van der Waals surface area contributed by atoms with E-state index in [1.54, 1.807) is 42.5 Å². The van der Waals surface area contributed by atoms with E-state index >= 15 is 0 Å². The molecule has 0 aliphatic carbocycles. The van der Waals surface area contributed by atoms with Crippen LogP contribution in [0.3, 0.4) is 0 Å². The van der Waals surface area contributed by atoms with Crippen molar-refractivity contribution in [2.45, 2.75) is 13.2 Å². The third kappa shape index (κ3) is 5.04. The molecule has 0 unspecified atom stereocenters. The Balaban J connectivity index is 1.41. The van der Waals surface area contributed by atoms with Crippen LogP contribution in [0.4, 0.5) is 14.9 Å². The van der Waals surface area contributed by atoms with Crippen molar-refractivity contribution in [1.82, 2.24) is 10.2 Å². The van der Waals surface area contributed by atoms with Gasteiger partial charge in [0.05, 0.1) is 11.5 Å². The van der Waals surface area contributed by atoms with Gasteiger partial charge in [-0.3, -0.25) is 19.8 Å². The van der Waals surface area contributed by atoms with Crippen LogP contribution in [-0.4, -0.2) is 21.8 Å². The minimum absolute atomic E-state index is 0.00889. The summed E-state index contributed by atoms with van der Waals surface area (Å²) in [5.41, 5.74) is 1.62. The quantitative estimate of drug-likeness (QED) is 0.250. The van der Waals surface area contributed by atoms with Gasteiger partial charge < -0.3 is 10.1 Å². The van der Waals surface area contributed by atoms with Gasteiger partial charge in [0.2, 0.25) is 0 Å². The molecule has 1 aliphatic heterocycles. The molecule has 3 aromatic carbocycles. The van der Waals surface area contributed by atoms with Gasteiger partial charge in [-0.1, -0.05) is 42.5 Å². The number of amides is 3. The maximum absolute atomic E-state index is 13.9. The highest BCUT2D eigenvalue weighted by atomic mass is 19.1. The number of nitrogens with zero attached hydrogens (tertiary/aromatic N) is 2. The fourth-order valence-corrected chi connectivity index (χ4v) is 3.27. The van der Waals surface area contributed by atoms with Gasteiger partial charge in [0.25, 0.3) is 11.6 Å². The zero-order chi connectivity index (χ0) is 23.4. The van der Waals surface area contributed by atoms with Crippen LogP contribution in [-0.2, 0) is 17.9 Å². The van der Waals surface area contributed by atoms with E-state index in [4.69, 9.17) is 4.74 Å². The summed E-state index contributed by atoms with van der Waals surface area (Å²) in [4.78, 5) is 36.2. The molecule has 9 heteroatoms. The Morgan fingerprint density at radius 3 is 2.52 bits per heavy atom. The average Bonchev–Trinajstić information content (AvgIpc) is 3.07. The lowest BCUT2D eigenvalue weighted by atomic mass is 10.1. The van der Waals surface area contributed by atoms with E-state index in [2.05, 4.69) is 5.32 Å². The first-order chi connectivity index (χ1) is 15.9. The second kappa shape index (κ2) is 9.31. The molecular formula is C24H18FN3O5. The monoisotopic (exact) mass is 447 g/mol. The third-order valence-electron chi connectivity index (χ3n) is 4.97. The Hall–Kier alpha value is -4.53. The van der Waals surface area contributed by atoms with Gasteiger partial charge in [0.1, 0.15) is 23.9 Å². The molecule has 0 spiro atoms. The predicted molar refractivity (Wildman–Crippen MR) is 117 cm³/mol. The molecule has 166 valence electrons. The van der Waals surface area contributed by atoms with E-state index < -0.39 is 22.7 Å². The smallest absolute Gasteiger partial charge is 0.329 e. The summed E-state index contributed by atoms with van der Waals surface area (Å²) in [5.74, 6) is -0.503. The lowest BCUT2D eigenvalue weighted by Crippen LogP contribution is -2.30. The number of imide groups is 1. The number of nitro benzene ring substituents is 1. The minimum Gasteiger partial charge on any atom is -0.489 e. The van der Waals surface area contributed by atoms with E-state index in [0.29, 0.717) is 16.9 Å². The number of carbonyl (C=O) groups is 2. The molecule has 1 saturated heterocycles. The molecule has 1 fully saturated rings. The van der Waals surface area contributed by atoms with Gasteiger partial charge in [0, 0.05) is 17.7 Å². The van der Waals surface area contributed by atoms with Gasteiger partial charge in [-0.25, -0.2) is 9.18 Å². The van der Waals surface area contributed by atoms with Crippen LogP contribution in [0.15, 0.2) is 78.5 Å². The molecule has 1 heterocycles. The zero-order valence-corrected chi connectivity index (χ0v) is 17.2. The topological polar surface area (TPSA) is 102 Å². The van der Waals surface area contributed by atoms with Crippen molar-refractivity contribution < 1.29 is 23.6 Å². The molecule has 33 heavy (non-hydrogen) atoms. The van der Waals surface area contributed by atoms with Crippen LogP contribution in [0.25, 0.3) is 6.08 Å². The summed E-state index contributed by atoms with van der Waals surface area (Å²) in [6.45, 7) is -0.0131. The number of nitro groups is 1. The maximum Gasteiger partial charge on any atom is 0.329 e. The highest BCUT2D eigenvalue weighted by Crippen LogP contribution is 2.21. The second-order valence-electron chi connectivity index (χ2n) is 7.26. The Morgan fingerprint density at radius 1 is 1.03 bits per heavy atom. The molecule has 1 N–H and O–H groups in total. The SMILES string of the molecule is O=C1NC(=Cc2ccc(OCc3cccc([N+](=O)[O-])c3)cc2)C(=O)N1Cc1ccccc1F. The standard InChI is InChI=1S/C24H18FN3O5/c25-21-7-2-1-5-18(21)14-27-23(29)22(26-24(27)30)13-16-8-10-20(11-9-16)33-15-17-4-3-6-19(12-17)28(31)32/h1-13H,14-15H2,(H,26,30). The summed E-state index contributed by atoms with van der Waals surface area (Å²) < 4.78 is 19.5. The molecule has 8 nitrogen and oxygen atoms in total. The number of urea groups is 1. The number of hydrogen-bond donors (Lipinski definition) is 1. The molecule has 0 saturated carbocycles. The number of benzene rings is 3. The van der Waals surface area contributed by atoms with Gasteiger partial charge in [-0.2, -0.15) is 0 Å². The number of ether oxygens (including phenoxy) is 1. The fourth-order valence-electron chi connectivity index (χ4n) is 3.27. The maximum atomic E-state index is 13.9. The molecular weight excluding hydrogens is 429 g/mol. The van der Waals surface area contributed by atoms with Crippen LogP contribution >= 0.6 is 0 Å². The molecule has 0 radical (unpaired) electrons. The highest BCUT2D eigenvalue weighted by Gasteiger charge is 2.33. The highest BCUT2D eigenvalue weighted by molar-refractivity contribution is 6.13. The lowest BCUT2D eigenvalue weighted by Gasteiger charge is -2.12. The van der Waals surface area contributed by atoms with E-state index in [-0.39, 0.29) is 30.1 Å². The first-order valence-electron chi connectivity index (χ1n) is 9.95. The third-order valence-corrected chi connectivity index (χ3v) is 4.97. The number of halogens is 1. The summed E-state index contributed by atoms with van der Waals surface area (Å²) in [6, 6.07) is 18.3. The van der Waals surface area contributed by atoms with Crippen LogP contribution in [0.5, 0.6) is 5.75 Å². The van der Waals surface area contributed by atoms with Crippen molar-refractivity contribution in [3.05, 3.63) is 111 Å².